The molecule has 3 amide bonds. The summed E-state index contributed by atoms with van der Waals surface area (Å²) in [5.41, 5.74) is 8.36. The van der Waals surface area contributed by atoms with E-state index in [9.17, 15) is 14.4 Å². The van der Waals surface area contributed by atoms with Gasteiger partial charge in [0.2, 0.25) is 11.8 Å². The number of hydrogen-bond donors (Lipinski definition) is 3. The summed E-state index contributed by atoms with van der Waals surface area (Å²) in [6.45, 7) is 6.24. The number of carbonyl (C=O) groups is 3. The lowest BCUT2D eigenvalue weighted by Crippen LogP contribution is -2.49. The van der Waals surface area contributed by atoms with Crippen LogP contribution in [0.4, 0.5) is 4.79 Å². The first-order valence-electron chi connectivity index (χ1n) is 11.6. The third-order valence-corrected chi connectivity index (χ3v) is 6.62. The van der Waals surface area contributed by atoms with Crippen molar-refractivity contribution in [1.29, 1.82) is 0 Å². The lowest BCUT2D eigenvalue weighted by atomic mass is 9.93. The molecule has 0 aliphatic carbocycles. The van der Waals surface area contributed by atoms with E-state index in [1.807, 2.05) is 47.8 Å². The molecule has 0 spiro atoms. The van der Waals surface area contributed by atoms with E-state index in [2.05, 4.69) is 31.4 Å². The normalized spacial score (nSPS) is 12.9. The highest BCUT2D eigenvalue weighted by Crippen LogP contribution is 2.29. The van der Waals surface area contributed by atoms with Gasteiger partial charge in [0.25, 0.3) is 0 Å². The lowest BCUT2D eigenvalue weighted by molar-refractivity contribution is -0.123. The van der Waals surface area contributed by atoms with Crippen molar-refractivity contribution in [2.24, 2.45) is 5.73 Å². The van der Waals surface area contributed by atoms with Crippen LogP contribution in [0.5, 0.6) is 0 Å². The number of alkyl carbamates (subject to hydrolysis) is 1. The summed E-state index contributed by atoms with van der Waals surface area (Å²) in [6, 6.07) is 15.1. The van der Waals surface area contributed by atoms with Gasteiger partial charge in [0.1, 0.15) is 11.0 Å². The molecule has 0 aliphatic rings. The molecule has 1 aromatic heterocycles. The number of hydrogen-bond acceptors (Lipinski definition) is 6. The second kappa shape index (κ2) is 11.8. The third-order valence-electron chi connectivity index (χ3n) is 5.66. The standard InChI is InChI=1S/C27H32N4O4S/c1-27(2,3)22-16-36-25(31-22)21(15-18-10-12-19(13-11-18)23(28)32)29-24(33)20(30-26(34)35-4)14-17-8-6-5-7-9-17/h5-13,16,20-21H,14-15H2,1-4H3,(H2,28,32)(H,29,33)(H,30,34)/t20-,21-/m0/s1. The summed E-state index contributed by atoms with van der Waals surface area (Å²) in [6.07, 6.45) is 0.0550. The fraction of sp³-hybridized carbons (Fsp3) is 0.333. The number of nitrogens with two attached hydrogens (primary N) is 1. The molecule has 3 rings (SSSR count). The van der Waals surface area contributed by atoms with E-state index in [0.29, 0.717) is 18.4 Å². The molecule has 4 N–H and O–H groups in total. The van der Waals surface area contributed by atoms with Crippen molar-refractivity contribution >= 4 is 29.2 Å². The highest BCUT2D eigenvalue weighted by atomic mass is 32.1. The molecule has 9 heteroatoms. The van der Waals surface area contributed by atoms with Crippen LogP contribution in [-0.2, 0) is 27.8 Å². The number of carbonyl (C=O) groups excluding carboxylic acids is 3. The van der Waals surface area contributed by atoms with Crippen LogP contribution in [0, 0.1) is 0 Å². The first-order chi connectivity index (χ1) is 17.1. The summed E-state index contributed by atoms with van der Waals surface area (Å²) in [5.74, 6) is -0.852. The zero-order chi connectivity index (χ0) is 26.3. The van der Waals surface area contributed by atoms with Crippen LogP contribution >= 0.6 is 11.3 Å². The number of amides is 3. The van der Waals surface area contributed by atoms with Crippen molar-refractivity contribution in [2.75, 3.05) is 7.11 Å². The van der Waals surface area contributed by atoms with Crippen molar-refractivity contribution in [2.45, 2.75) is 51.1 Å². The maximum absolute atomic E-state index is 13.5. The van der Waals surface area contributed by atoms with Gasteiger partial charge in [-0.15, -0.1) is 11.3 Å². The number of nitrogens with one attached hydrogen (secondary N) is 2. The van der Waals surface area contributed by atoms with Crippen LogP contribution in [0.1, 0.15) is 59.0 Å². The van der Waals surface area contributed by atoms with Crippen LogP contribution in [0.25, 0.3) is 0 Å². The number of ether oxygens (including phenoxy) is 1. The zero-order valence-corrected chi connectivity index (χ0v) is 21.7. The third kappa shape index (κ3) is 7.39. The van der Waals surface area contributed by atoms with Crippen molar-refractivity contribution in [3.05, 3.63) is 87.4 Å². The van der Waals surface area contributed by atoms with E-state index in [1.165, 1.54) is 18.4 Å². The van der Waals surface area contributed by atoms with Crippen LogP contribution < -0.4 is 16.4 Å². The van der Waals surface area contributed by atoms with Gasteiger partial charge >= 0.3 is 6.09 Å². The smallest absolute Gasteiger partial charge is 0.407 e. The molecule has 0 radical (unpaired) electrons. The van der Waals surface area contributed by atoms with Crippen molar-refractivity contribution in [3.63, 3.8) is 0 Å². The molecule has 0 unspecified atom stereocenters. The number of primary amides is 1. The molecule has 0 saturated carbocycles. The summed E-state index contributed by atoms with van der Waals surface area (Å²) in [7, 11) is 1.26. The minimum Gasteiger partial charge on any atom is -0.453 e. The number of methoxy groups -OCH3 is 1. The number of benzene rings is 2. The van der Waals surface area contributed by atoms with Gasteiger partial charge in [0.05, 0.1) is 18.8 Å². The van der Waals surface area contributed by atoms with E-state index in [0.717, 1.165) is 21.8 Å². The Hall–Kier alpha value is -3.72. The molecule has 2 aromatic carbocycles. The fourth-order valence-electron chi connectivity index (χ4n) is 3.57. The van der Waals surface area contributed by atoms with Gasteiger partial charge in [-0.3, -0.25) is 9.59 Å². The van der Waals surface area contributed by atoms with Crippen molar-refractivity contribution in [1.82, 2.24) is 15.6 Å². The van der Waals surface area contributed by atoms with Crippen LogP contribution in [0.15, 0.2) is 60.0 Å². The monoisotopic (exact) mass is 508 g/mol. The van der Waals surface area contributed by atoms with Crippen LogP contribution in [0.2, 0.25) is 0 Å². The molecule has 8 nitrogen and oxygen atoms in total. The largest absolute Gasteiger partial charge is 0.453 e. The highest BCUT2D eigenvalue weighted by Gasteiger charge is 2.27. The molecule has 0 bridgehead atoms. The summed E-state index contributed by atoms with van der Waals surface area (Å²) in [4.78, 5) is 41.7. The topological polar surface area (TPSA) is 123 Å². The summed E-state index contributed by atoms with van der Waals surface area (Å²) in [5, 5.41) is 8.48. The van der Waals surface area contributed by atoms with Crippen molar-refractivity contribution in [3.8, 4) is 0 Å². The summed E-state index contributed by atoms with van der Waals surface area (Å²) >= 11 is 1.48. The fourth-order valence-corrected chi connectivity index (χ4v) is 4.66. The minimum absolute atomic E-state index is 0.144. The minimum atomic E-state index is -0.846. The Morgan fingerprint density at radius 1 is 0.972 bits per heavy atom. The first kappa shape index (κ1) is 26.9. The van der Waals surface area contributed by atoms with Crippen LogP contribution in [0.3, 0.4) is 0 Å². The number of rotatable bonds is 9. The molecular weight excluding hydrogens is 476 g/mol. The van der Waals surface area contributed by atoms with Gasteiger partial charge in [0, 0.05) is 22.8 Å². The molecular formula is C27H32N4O4S. The Morgan fingerprint density at radius 2 is 1.61 bits per heavy atom. The van der Waals surface area contributed by atoms with E-state index in [4.69, 9.17) is 15.5 Å². The van der Waals surface area contributed by atoms with Crippen LogP contribution in [-0.4, -0.2) is 36.0 Å². The molecule has 0 fully saturated rings. The van der Waals surface area contributed by atoms with Gasteiger partial charge in [-0.25, -0.2) is 9.78 Å². The number of nitrogens with zero attached hydrogens (tertiary/aromatic N) is 1. The maximum Gasteiger partial charge on any atom is 0.407 e. The molecule has 36 heavy (non-hydrogen) atoms. The van der Waals surface area contributed by atoms with E-state index >= 15 is 0 Å². The maximum atomic E-state index is 13.5. The van der Waals surface area contributed by atoms with Gasteiger partial charge < -0.3 is 21.1 Å². The van der Waals surface area contributed by atoms with Crippen molar-refractivity contribution < 1.29 is 19.1 Å². The van der Waals surface area contributed by atoms with Gasteiger partial charge in [-0.05, 0) is 29.7 Å². The predicted octanol–water partition coefficient (Wildman–Crippen LogP) is 3.91. The Bertz CT molecular complexity index is 1190. The molecule has 190 valence electrons. The van der Waals surface area contributed by atoms with E-state index < -0.39 is 24.1 Å². The van der Waals surface area contributed by atoms with E-state index in [-0.39, 0.29) is 11.3 Å². The van der Waals surface area contributed by atoms with Gasteiger partial charge in [-0.2, -0.15) is 0 Å². The second-order valence-corrected chi connectivity index (χ2v) is 10.4. The average Bonchev–Trinajstić information content (AvgIpc) is 3.35. The second-order valence-electron chi connectivity index (χ2n) is 9.53. The Labute approximate surface area is 215 Å². The quantitative estimate of drug-likeness (QED) is 0.404. The zero-order valence-electron chi connectivity index (χ0n) is 20.9. The molecule has 1 heterocycles. The predicted molar refractivity (Wildman–Crippen MR) is 140 cm³/mol. The molecule has 0 saturated heterocycles. The first-order valence-corrected chi connectivity index (χ1v) is 12.5. The Balaban J connectivity index is 1.88. The summed E-state index contributed by atoms with van der Waals surface area (Å²) < 4.78 is 4.75. The molecule has 3 aromatic rings. The highest BCUT2D eigenvalue weighted by molar-refractivity contribution is 7.09. The molecule has 2 atom stereocenters. The van der Waals surface area contributed by atoms with Gasteiger partial charge in [0.15, 0.2) is 0 Å². The average molecular weight is 509 g/mol. The SMILES string of the molecule is COC(=O)N[C@@H](Cc1ccccc1)C(=O)N[C@@H](Cc1ccc(C(N)=O)cc1)c1nc(C(C)(C)C)cs1. The Kier molecular flexibility index (Phi) is 8.82. The number of aromatic nitrogens is 1. The lowest BCUT2D eigenvalue weighted by Gasteiger charge is -2.23. The molecule has 0 aliphatic heterocycles. The number of thiazole rings is 1. The Morgan fingerprint density at radius 3 is 2.17 bits per heavy atom. The van der Waals surface area contributed by atoms with Gasteiger partial charge in [-0.1, -0.05) is 63.2 Å². The van der Waals surface area contributed by atoms with E-state index in [1.54, 1.807) is 12.1 Å².